The van der Waals surface area contributed by atoms with E-state index in [9.17, 15) is 27.2 Å². The number of benzene rings is 2. The number of imidazole rings is 1. The summed E-state index contributed by atoms with van der Waals surface area (Å²) in [7, 11) is 0. The summed E-state index contributed by atoms with van der Waals surface area (Å²) in [5, 5.41) is 3.44. The number of anilines is 1. The fourth-order valence-electron chi connectivity index (χ4n) is 3.67. The average Bonchev–Trinajstić information content (AvgIpc) is 3.45. The number of H-pyrrole nitrogens is 1. The third-order valence-electron chi connectivity index (χ3n) is 5.14. The van der Waals surface area contributed by atoms with E-state index in [1.54, 1.807) is 18.2 Å². The van der Waals surface area contributed by atoms with Crippen molar-refractivity contribution in [1.29, 1.82) is 0 Å². The Hall–Kier alpha value is -3.73. The number of amides is 3. The number of hydrogen-bond donors (Lipinski definition) is 2. The van der Waals surface area contributed by atoms with Gasteiger partial charge in [0.15, 0.2) is 0 Å². The molecular weight excluding hydrogens is 448 g/mol. The molecule has 1 saturated heterocycles. The van der Waals surface area contributed by atoms with Gasteiger partial charge in [0.25, 0.3) is 5.91 Å². The Balaban J connectivity index is 1.52. The van der Waals surface area contributed by atoms with Crippen LogP contribution in [0, 0.1) is 5.82 Å². The number of nitrogens with zero attached hydrogens (tertiary/aromatic N) is 2. The first-order chi connectivity index (χ1) is 15.2. The molecule has 1 aliphatic rings. The number of imide groups is 1. The lowest BCUT2D eigenvalue weighted by Crippen LogP contribution is -2.29. The van der Waals surface area contributed by atoms with Gasteiger partial charge in [-0.1, -0.05) is 12.1 Å². The van der Waals surface area contributed by atoms with E-state index in [2.05, 4.69) is 15.3 Å². The standard InChI is InChI=1S/C21H12F4N4O2S/c22-14-5-10(1-3-13(14)11-6-17(32-8-11)21(23,24)25)18-19(30)28-20(31)29(18)12-2-4-15-16(7-12)27-9-26-15/h1-9,18H,(H,26,27)(H,28,30,31). The molecular formula is C21H12F4N4O2S. The van der Waals surface area contributed by atoms with Crippen molar-refractivity contribution < 1.29 is 27.2 Å². The molecule has 3 amide bonds. The van der Waals surface area contributed by atoms with E-state index < -0.39 is 34.9 Å². The van der Waals surface area contributed by atoms with Gasteiger partial charge in [-0.05, 0) is 46.8 Å². The van der Waals surface area contributed by atoms with E-state index in [0.29, 0.717) is 28.1 Å². The molecule has 3 heterocycles. The number of halogens is 4. The van der Waals surface area contributed by atoms with Gasteiger partial charge in [0, 0.05) is 11.3 Å². The number of urea groups is 1. The molecule has 162 valence electrons. The second kappa shape index (κ2) is 7.16. The van der Waals surface area contributed by atoms with Gasteiger partial charge in [0.2, 0.25) is 0 Å². The summed E-state index contributed by atoms with van der Waals surface area (Å²) < 4.78 is 53.5. The van der Waals surface area contributed by atoms with Crippen LogP contribution in [0.4, 0.5) is 28.0 Å². The molecule has 2 N–H and O–H groups in total. The fourth-order valence-corrected chi connectivity index (χ4v) is 4.45. The number of thiophene rings is 1. The summed E-state index contributed by atoms with van der Waals surface area (Å²) in [6.45, 7) is 0. The molecule has 1 atom stereocenters. The van der Waals surface area contributed by atoms with Crippen LogP contribution < -0.4 is 10.2 Å². The topological polar surface area (TPSA) is 78.1 Å². The number of aromatic amines is 1. The van der Waals surface area contributed by atoms with Crippen LogP contribution in [0.3, 0.4) is 0 Å². The number of carbonyl (C=O) groups excluding carboxylic acids is 2. The number of alkyl halides is 3. The Labute approximate surface area is 181 Å². The second-order valence-electron chi connectivity index (χ2n) is 7.11. The van der Waals surface area contributed by atoms with Crippen LogP contribution in [0.25, 0.3) is 22.2 Å². The maximum absolute atomic E-state index is 14.9. The van der Waals surface area contributed by atoms with Gasteiger partial charge >= 0.3 is 12.2 Å². The monoisotopic (exact) mass is 460 g/mol. The Bertz CT molecular complexity index is 1380. The number of aromatic nitrogens is 2. The third kappa shape index (κ3) is 3.30. The summed E-state index contributed by atoms with van der Waals surface area (Å²) in [4.78, 5) is 32.4. The molecule has 11 heteroatoms. The highest BCUT2D eigenvalue weighted by Gasteiger charge is 2.41. The van der Waals surface area contributed by atoms with Gasteiger partial charge < -0.3 is 4.98 Å². The lowest BCUT2D eigenvalue weighted by molar-refractivity contribution is -0.134. The van der Waals surface area contributed by atoms with Crippen molar-refractivity contribution in [2.45, 2.75) is 12.2 Å². The quantitative estimate of drug-likeness (QED) is 0.324. The molecule has 4 aromatic rings. The van der Waals surface area contributed by atoms with E-state index in [1.807, 2.05) is 0 Å². The van der Waals surface area contributed by atoms with Gasteiger partial charge in [0.05, 0.1) is 17.4 Å². The molecule has 1 fully saturated rings. The minimum absolute atomic E-state index is 0.0318. The van der Waals surface area contributed by atoms with Crippen molar-refractivity contribution in [2.24, 2.45) is 0 Å². The van der Waals surface area contributed by atoms with Gasteiger partial charge in [-0.25, -0.2) is 14.2 Å². The molecule has 1 unspecified atom stereocenters. The predicted octanol–water partition coefficient (Wildman–Crippen LogP) is 5.25. The first-order valence-corrected chi connectivity index (χ1v) is 10.1. The van der Waals surface area contributed by atoms with E-state index >= 15 is 0 Å². The Morgan fingerprint density at radius 1 is 1.06 bits per heavy atom. The number of fused-ring (bicyclic) bond motifs is 1. The van der Waals surface area contributed by atoms with Crippen LogP contribution in [0.5, 0.6) is 0 Å². The smallest absolute Gasteiger partial charge is 0.345 e. The van der Waals surface area contributed by atoms with E-state index in [1.165, 1.54) is 28.7 Å². The summed E-state index contributed by atoms with van der Waals surface area (Å²) >= 11 is 0.473. The zero-order valence-corrected chi connectivity index (χ0v) is 16.7. The van der Waals surface area contributed by atoms with E-state index in [-0.39, 0.29) is 16.7 Å². The number of nitrogens with one attached hydrogen (secondary N) is 2. The van der Waals surface area contributed by atoms with Gasteiger partial charge in [-0.3, -0.25) is 15.0 Å². The number of rotatable bonds is 3. The summed E-state index contributed by atoms with van der Waals surface area (Å²) in [6.07, 6.45) is -3.03. The maximum Gasteiger partial charge on any atom is 0.425 e. The minimum Gasteiger partial charge on any atom is -0.345 e. The molecule has 32 heavy (non-hydrogen) atoms. The highest BCUT2D eigenvalue weighted by atomic mass is 32.1. The van der Waals surface area contributed by atoms with Crippen molar-refractivity contribution in [3.05, 3.63) is 70.4 Å². The SMILES string of the molecule is O=C1NC(=O)N(c2ccc3nc[nH]c3c2)C1c1ccc(-c2csc(C(F)(F)F)c2)c(F)c1. The Morgan fingerprint density at radius 3 is 2.59 bits per heavy atom. The normalized spacial score (nSPS) is 16.8. The summed E-state index contributed by atoms with van der Waals surface area (Å²) in [5.74, 6) is -1.44. The van der Waals surface area contributed by atoms with Crippen LogP contribution in [0.15, 0.2) is 54.2 Å². The molecule has 2 aromatic heterocycles. The van der Waals surface area contributed by atoms with Gasteiger partial charge in [0.1, 0.15) is 16.7 Å². The maximum atomic E-state index is 14.9. The predicted molar refractivity (Wildman–Crippen MR) is 110 cm³/mol. The zero-order valence-electron chi connectivity index (χ0n) is 15.9. The van der Waals surface area contributed by atoms with Gasteiger partial charge in [-0.2, -0.15) is 13.2 Å². The highest BCUT2D eigenvalue weighted by molar-refractivity contribution is 7.10. The molecule has 0 aliphatic carbocycles. The molecule has 0 bridgehead atoms. The highest BCUT2D eigenvalue weighted by Crippen LogP contribution is 2.39. The van der Waals surface area contributed by atoms with Crippen molar-refractivity contribution in [3.8, 4) is 11.1 Å². The first kappa shape index (κ1) is 20.2. The molecule has 0 radical (unpaired) electrons. The van der Waals surface area contributed by atoms with Crippen LogP contribution in [0.2, 0.25) is 0 Å². The van der Waals surface area contributed by atoms with Crippen LogP contribution in [-0.2, 0) is 11.0 Å². The third-order valence-corrected chi connectivity index (χ3v) is 6.11. The summed E-state index contributed by atoms with van der Waals surface area (Å²) in [5.41, 5.74) is 1.95. The molecule has 6 nitrogen and oxygen atoms in total. The fraction of sp³-hybridized carbons (Fsp3) is 0.0952. The van der Waals surface area contributed by atoms with E-state index in [4.69, 9.17) is 0 Å². The zero-order chi connectivity index (χ0) is 22.6. The largest absolute Gasteiger partial charge is 0.425 e. The molecule has 5 rings (SSSR count). The lowest BCUT2D eigenvalue weighted by Gasteiger charge is -2.22. The van der Waals surface area contributed by atoms with Crippen molar-refractivity contribution in [2.75, 3.05) is 4.90 Å². The van der Waals surface area contributed by atoms with Crippen molar-refractivity contribution in [3.63, 3.8) is 0 Å². The number of carbonyl (C=O) groups is 2. The molecule has 1 aliphatic heterocycles. The van der Waals surface area contributed by atoms with Crippen LogP contribution in [-0.4, -0.2) is 21.9 Å². The average molecular weight is 460 g/mol. The van der Waals surface area contributed by atoms with Crippen molar-refractivity contribution in [1.82, 2.24) is 15.3 Å². The molecule has 0 saturated carbocycles. The lowest BCUT2D eigenvalue weighted by atomic mass is 10.00. The van der Waals surface area contributed by atoms with E-state index in [0.717, 1.165) is 12.1 Å². The second-order valence-corrected chi connectivity index (χ2v) is 8.02. The molecule has 0 spiro atoms. The van der Waals surface area contributed by atoms with Gasteiger partial charge in [-0.15, -0.1) is 11.3 Å². The number of hydrogen-bond acceptors (Lipinski definition) is 4. The first-order valence-electron chi connectivity index (χ1n) is 9.25. The van der Waals surface area contributed by atoms with Crippen LogP contribution >= 0.6 is 11.3 Å². The summed E-state index contributed by atoms with van der Waals surface area (Å²) in [6, 6.07) is 7.78. The van der Waals surface area contributed by atoms with Crippen molar-refractivity contribution >= 4 is 40.0 Å². The Kier molecular flexibility index (Phi) is 4.52. The Morgan fingerprint density at radius 2 is 1.88 bits per heavy atom. The molecule has 2 aromatic carbocycles. The minimum atomic E-state index is -4.52. The van der Waals surface area contributed by atoms with Crippen LogP contribution in [0.1, 0.15) is 16.5 Å².